The predicted octanol–water partition coefficient (Wildman–Crippen LogP) is 3.63. The minimum atomic E-state index is 0.0231. The third kappa shape index (κ3) is 2.95. The quantitative estimate of drug-likeness (QED) is 0.799. The Labute approximate surface area is 93.1 Å². The lowest BCUT2D eigenvalue weighted by Gasteiger charge is -2.40. The van der Waals surface area contributed by atoms with E-state index in [0.717, 1.165) is 5.82 Å². The van der Waals surface area contributed by atoms with E-state index >= 15 is 0 Å². The molecule has 2 heteroatoms. The van der Waals surface area contributed by atoms with Crippen LogP contribution in [0.5, 0.6) is 0 Å². The SMILES string of the molecule is Cc1ccc(NC(C)(C)C(C)(C)C)nc1. The Morgan fingerprint density at radius 2 is 1.67 bits per heavy atom. The molecule has 0 aromatic carbocycles. The minimum absolute atomic E-state index is 0.0231. The topological polar surface area (TPSA) is 24.9 Å². The van der Waals surface area contributed by atoms with Gasteiger partial charge in [-0.25, -0.2) is 4.98 Å². The average molecular weight is 206 g/mol. The Balaban J connectivity index is 2.82. The highest BCUT2D eigenvalue weighted by Crippen LogP contribution is 2.32. The van der Waals surface area contributed by atoms with Crippen LogP contribution >= 0.6 is 0 Å². The smallest absolute Gasteiger partial charge is 0.126 e. The van der Waals surface area contributed by atoms with Crippen LogP contribution in [0.4, 0.5) is 5.82 Å². The molecule has 1 heterocycles. The number of aryl methyl sites for hydroxylation is 1. The van der Waals surface area contributed by atoms with E-state index in [1.807, 2.05) is 19.2 Å². The molecule has 1 aromatic heterocycles. The van der Waals surface area contributed by atoms with Crippen LogP contribution in [0.1, 0.15) is 40.2 Å². The summed E-state index contributed by atoms with van der Waals surface area (Å²) in [5.74, 6) is 0.945. The molecule has 0 saturated heterocycles. The molecule has 0 aliphatic carbocycles. The maximum atomic E-state index is 4.37. The number of pyridine rings is 1. The molecule has 0 unspecified atom stereocenters. The summed E-state index contributed by atoms with van der Waals surface area (Å²) in [6.07, 6.45) is 1.89. The van der Waals surface area contributed by atoms with Crippen LogP contribution in [0.2, 0.25) is 0 Å². The molecule has 84 valence electrons. The van der Waals surface area contributed by atoms with Gasteiger partial charge >= 0.3 is 0 Å². The van der Waals surface area contributed by atoms with Gasteiger partial charge in [-0.2, -0.15) is 0 Å². The lowest BCUT2D eigenvalue weighted by Crippen LogP contribution is -2.44. The van der Waals surface area contributed by atoms with Gasteiger partial charge in [0.25, 0.3) is 0 Å². The van der Waals surface area contributed by atoms with E-state index < -0.39 is 0 Å². The van der Waals surface area contributed by atoms with Gasteiger partial charge in [-0.15, -0.1) is 0 Å². The van der Waals surface area contributed by atoms with Crippen LogP contribution in [0.15, 0.2) is 18.3 Å². The summed E-state index contributed by atoms with van der Waals surface area (Å²) in [7, 11) is 0. The fourth-order valence-electron chi connectivity index (χ4n) is 1.05. The molecule has 0 fully saturated rings. The molecule has 1 N–H and O–H groups in total. The molecule has 0 saturated carbocycles. The number of hydrogen-bond donors (Lipinski definition) is 1. The van der Waals surface area contributed by atoms with E-state index in [0.29, 0.717) is 0 Å². The van der Waals surface area contributed by atoms with Crippen molar-refractivity contribution in [1.29, 1.82) is 0 Å². The second kappa shape index (κ2) is 3.84. The van der Waals surface area contributed by atoms with Gasteiger partial charge in [0.2, 0.25) is 0 Å². The van der Waals surface area contributed by atoms with Crippen molar-refractivity contribution in [3.05, 3.63) is 23.9 Å². The molecule has 0 amide bonds. The van der Waals surface area contributed by atoms with Crippen molar-refractivity contribution in [3.8, 4) is 0 Å². The standard InChI is InChI=1S/C13H22N2/c1-10-7-8-11(14-9-10)15-13(5,6)12(2,3)4/h7-9H,1-6H3,(H,14,15). The van der Waals surface area contributed by atoms with E-state index in [1.54, 1.807) is 0 Å². The summed E-state index contributed by atoms with van der Waals surface area (Å²) >= 11 is 0. The van der Waals surface area contributed by atoms with Crippen LogP contribution in [-0.4, -0.2) is 10.5 Å². The Morgan fingerprint density at radius 3 is 2.07 bits per heavy atom. The van der Waals surface area contributed by atoms with E-state index in [4.69, 9.17) is 0 Å². The fraction of sp³-hybridized carbons (Fsp3) is 0.615. The van der Waals surface area contributed by atoms with Gasteiger partial charge in [0, 0.05) is 11.7 Å². The lowest BCUT2D eigenvalue weighted by molar-refractivity contribution is 0.254. The molecule has 0 radical (unpaired) electrons. The molecule has 0 atom stereocenters. The highest BCUT2D eigenvalue weighted by atomic mass is 15.1. The number of hydrogen-bond acceptors (Lipinski definition) is 2. The van der Waals surface area contributed by atoms with Gasteiger partial charge in [0.1, 0.15) is 5.82 Å². The predicted molar refractivity (Wildman–Crippen MR) is 66.1 cm³/mol. The third-order valence-corrected chi connectivity index (χ3v) is 3.23. The zero-order chi connectivity index (χ0) is 11.7. The monoisotopic (exact) mass is 206 g/mol. The van der Waals surface area contributed by atoms with E-state index in [1.165, 1.54) is 5.56 Å². The van der Waals surface area contributed by atoms with Gasteiger partial charge in [0.15, 0.2) is 0 Å². The molecule has 0 bridgehead atoms. The molecule has 2 nitrogen and oxygen atoms in total. The van der Waals surface area contributed by atoms with Gasteiger partial charge in [-0.3, -0.25) is 0 Å². The number of anilines is 1. The van der Waals surface area contributed by atoms with Crippen LogP contribution < -0.4 is 5.32 Å². The molecule has 1 rings (SSSR count). The second-order valence-corrected chi connectivity index (χ2v) is 5.72. The van der Waals surface area contributed by atoms with Gasteiger partial charge in [-0.05, 0) is 37.8 Å². The highest BCUT2D eigenvalue weighted by molar-refractivity contribution is 5.38. The van der Waals surface area contributed by atoms with E-state index in [-0.39, 0.29) is 11.0 Å². The number of nitrogens with one attached hydrogen (secondary N) is 1. The fourth-order valence-corrected chi connectivity index (χ4v) is 1.05. The lowest BCUT2D eigenvalue weighted by atomic mass is 9.76. The summed E-state index contributed by atoms with van der Waals surface area (Å²) in [5.41, 5.74) is 1.41. The van der Waals surface area contributed by atoms with Crippen LogP contribution in [0.3, 0.4) is 0 Å². The van der Waals surface area contributed by atoms with Crippen molar-refractivity contribution in [2.75, 3.05) is 5.32 Å². The molecular weight excluding hydrogens is 184 g/mol. The Hall–Kier alpha value is -1.05. The van der Waals surface area contributed by atoms with Crippen LogP contribution in [0, 0.1) is 12.3 Å². The molecule has 15 heavy (non-hydrogen) atoms. The van der Waals surface area contributed by atoms with Gasteiger partial charge < -0.3 is 5.32 Å². The summed E-state index contributed by atoms with van der Waals surface area (Å²) in [6, 6.07) is 4.11. The molecule has 0 spiro atoms. The Bertz CT molecular complexity index is 317. The first-order valence-corrected chi connectivity index (χ1v) is 5.43. The molecule has 1 aromatic rings. The second-order valence-electron chi connectivity index (χ2n) is 5.72. The first-order chi connectivity index (χ1) is 6.72. The van der Waals surface area contributed by atoms with Gasteiger partial charge in [0.05, 0.1) is 0 Å². The average Bonchev–Trinajstić information content (AvgIpc) is 2.06. The van der Waals surface area contributed by atoms with Crippen molar-refractivity contribution in [1.82, 2.24) is 4.98 Å². The normalized spacial score (nSPS) is 12.7. The summed E-state index contributed by atoms with van der Waals surface area (Å²) in [4.78, 5) is 4.37. The minimum Gasteiger partial charge on any atom is -0.365 e. The Morgan fingerprint density at radius 1 is 1.07 bits per heavy atom. The molecule has 0 aliphatic heterocycles. The summed E-state index contributed by atoms with van der Waals surface area (Å²) < 4.78 is 0. The zero-order valence-electron chi connectivity index (χ0n) is 10.7. The van der Waals surface area contributed by atoms with Crippen molar-refractivity contribution in [3.63, 3.8) is 0 Å². The first-order valence-electron chi connectivity index (χ1n) is 5.43. The molecule has 0 aliphatic rings. The van der Waals surface area contributed by atoms with Gasteiger partial charge in [-0.1, -0.05) is 26.8 Å². The largest absolute Gasteiger partial charge is 0.365 e. The molecular formula is C13H22N2. The highest BCUT2D eigenvalue weighted by Gasteiger charge is 2.32. The maximum absolute atomic E-state index is 4.37. The van der Waals surface area contributed by atoms with Crippen molar-refractivity contribution in [2.45, 2.75) is 47.1 Å². The number of nitrogens with zero attached hydrogens (tertiary/aromatic N) is 1. The number of rotatable bonds is 2. The zero-order valence-corrected chi connectivity index (χ0v) is 10.7. The third-order valence-electron chi connectivity index (χ3n) is 3.23. The van der Waals surface area contributed by atoms with Crippen molar-refractivity contribution in [2.24, 2.45) is 5.41 Å². The maximum Gasteiger partial charge on any atom is 0.126 e. The Kier molecular flexibility index (Phi) is 3.08. The summed E-state index contributed by atoms with van der Waals surface area (Å²) in [6.45, 7) is 13.1. The van der Waals surface area contributed by atoms with E-state index in [9.17, 15) is 0 Å². The van der Waals surface area contributed by atoms with Crippen molar-refractivity contribution < 1.29 is 0 Å². The van der Waals surface area contributed by atoms with Crippen LogP contribution in [-0.2, 0) is 0 Å². The number of aromatic nitrogens is 1. The first kappa shape index (κ1) is 12.0. The van der Waals surface area contributed by atoms with Crippen molar-refractivity contribution >= 4 is 5.82 Å². The summed E-state index contributed by atoms with van der Waals surface area (Å²) in [5, 5.41) is 3.47. The van der Waals surface area contributed by atoms with E-state index in [2.05, 4.69) is 51.0 Å². The van der Waals surface area contributed by atoms with Crippen LogP contribution in [0.25, 0.3) is 0 Å².